The predicted octanol–water partition coefficient (Wildman–Crippen LogP) is 2.61. The van der Waals surface area contributed by atoms with Gasteiger partial charge < -0.3 is 0 Å². The van der Waals surface area contributed by atoms with Gasteiger partial charge in [-0.25, -0.2) is 9.78 Å². The first-order valence-corrected chi connectivity index (χ1v) is 4.91. The fraction of sp³-hybridized carbons (Fsp3) is 1.00. The standard InChI is InChI=1S/C6H12.C3H6O3/c2*1-2-4-6-5-3-1/h1-6H2;1-3H2. The van der Waals surface area contributed by atoms with E-state index < -0.39 is 0 Å². The van der Waals surface area contributed by atoms with Crippen LogP contribution < -0.4 is 0 Å². The van der Waals surface area contributed by atoms with Crippen molar-refractivity contribution in [3.63, 3.8) is 0 Å². The van der Waals surface area contributed by atoms with Crippen LogP contribution in [0, 0.1) is 0 Å². The van der Waals surface area contributed by atoms with Gasteiger partial charge in [0.25, 0.3) is 0 Å². The number of hydrogen-bond acceptors (Lipinski definition) is 3. The molecule has 0 spiro atoms. The van der Waals surface area contributed by atoms with Crippen LogP contribution in [0.5, 0.6) is 0 Å². The molecule has 3 heteroatoms. The van der Waals surface area contributed by atoms with Crippen molar-refractivity contribution in [2.45, 2.75) is 44.9 Å². The summed E-state index contributed by atoms with van der Waals surface area (Å²) in [6.07, 6.45) is 9.93. The lowest BCUT2D eigenvalue weighted by atomic mass is 10.0. The summed E-state index contributed by atoms with van der Waals surface area (Å²) in [4.78, 5) is 8.69. The zero-order valence-electron chi connectivity index (χ0n) is 7.59. The van der Waals surface area contributed by atoms with Gasteiger partial charge in [-0.2, -0.15) is 0 Å². The van der Waals surface area contributed by atoms with Crippen molar-refractivity contribution in [2.24, 2.45) is 0 Å². The molecule has 0 aromatic heterocycles. The lowest BCUT2D eigenvalue weighted by Crippen LogP contribution is -2.08. The van der Waals surface area contributed by atoms with Gasteiger partial charge in [0.2, 0.25) is 0 Å². The third-order valence-corrected chi connectivity index (χ3v) is 2.05. The van der Waals surface area contributed by atoms with Crippen LogP contribution in [-0.2, 0) is 14.8 Å². The van der Waals surface area contributed by atoms with Gasteiger partial charge in [0.05, 0.1) is 13.2 Å². The topological polar surface area (TPSA) is 27.7 Å². The van der Waals surface area contributed by atoms with Crippen molar-refractivity contribution in [1.82, 2.24) is 0 Å². The highest BCUT2D eigenvalue weighted by molar-refractivity contribution is 4.51. The molecule has 2 fully saturated rings. The van der Waals surface area contributed by atoms with Crippen molar-refractivity contribution in [2.75, 3.05) is 13.2 Å². The van der Waals surface area contributed by atoms with Crippen molar-refractivity contribution in [3.8, 4) is 0 Å². The van der Waals surface area contributed by atoms with Crippen LogP contribution in [0.2, 0.25) is 0 Å². The molecule has 1 aliphatic heterocycles. The van der Waals surface area contributed by atoms with Crippen molar-refractivity contribution in [3.05, 3.63) is 0 Å². The Bertz CT molecular complexity index is 52.8. The van der Waals surface area contributed by atoms with Crippen molar-refractivity contribution in [1.29, 1.82) is 0 Å². The van der Waals surface area contributed by atoms with Crippen LogP contribution in [0.25, 0.3) is 0 Å². The zero-order chi connectivity index (χ0) is 8.49. The Balaban J connectivity index is 0.000000120. The molecule has 0 aromatic rings. The molecule has 1 heterocycles. The third kappa shape index (κ3) is 5.52. The minimum atomic E-state index is 0.653. The van der Waals surface area contributed by atoms with Gasteiger partial charge in [-0.05, 0) is 0 Å². The molecule has 0 radical (unpaired) electrons. The summed E-state index contributed by atoms with van der Waals surface area (Å²) >= 11 is 0. The average molecular weight is 174 g/mol. The predicted molar refractivity (Wildman–Crippen MR) is 45.3 cm³/mol. The highest BCUT2D eigenvalue weighted by Gasteiger charge is 1.96. The first kappa shape index (κ1) is 9.96. The minimum absolute atomic E-state index is 0.653. The van der Waals surface area contributed by atoms with E-state index in [-0.39, 0.29) is 0 Å². The van der Waals surface area contributed by atoms with Gasteiger partial charge in [-0.1, -0.05) is 43.6 Å². The summed E-state index contributed by atoms with van der Waals surface area (Å²) in [6, 6.07) is 0. The molecule has 0 bridgehead atoms. The third-order valence-electron chi connectivity index (χ3n) is 2.05. The molecule has 1 saturated carbocycles. The fourth-order valence-corrected chi connectivity index (χ4v) is 1.34. The summed E-state index contributed by atoms with van der Waals surface area (Å²) in [7, 11) is 0. The first-order chi connectivity index (χ1) is 6.00. The molecule has 1 saturated heterocycles. The van der Waals surface area contributed by atoms with Gasteiger partial charge in [0.15, 0.2) is 0 Å². The first-order valence-electron chi connectivity index (χ1n) is 4.91. The largest absolute Gasteiger partial charge is 0.206 e. The van der Waals surface area contributed by atoms with E-state index in [1.165, 1.54) is 38.5 Å². The van der Waals surface area contributed by atoms with Gasteiger partial charge in [-0.3, -0.25) is 0 Å². The molecule has 0 amide bonds. The summed E-state index contributed by atoms with van der Waals surface area (Å²) in [5, 5.41) is 4.07. The van der Waals surface area contributed by atoms with Crippen LogP contribution >= 0.6 is 0 Å². The SMILES string of the molecule is C1CCCCC1.C1COOOC1. The second-order valence-electron chi connectivity index (χ2n) is 3.19. The molecule has 0 N–H and O–H groups in total. The Morgan fingerprint density at radius 1 is 0.500 bits per heavy atom. The van der Waals surface area contributed by atoms with Gasteiger partial charge in [0, 0.05) is 6.42 Å². The van der Waals surface area contributed by atoms with E-state index >= 15 is 0 Å². The zero-order valence-corrected chi connectivity index (χ0v) is 7.59. The van der Waals surface area contributed by atoms with Crippen LogP contribution in [-0.4, -0.2) is 13.2 Å². The van der Waals surface area contributed by atoms with E-state index in [0.29, 0.717) is 13.2 Å². The molecule has 72 valence electrons. The summed E-state index contributed by atoms with van der Waals surface area (Å²) in [6.45, 7) is 1.31. The normalized spacial score (nSPS) is 24.0. The van der Waals surface area contributed by atoms with E-state index in [2.05, 4.69) is 14.8 Å². The molecule has 0 unspecified atom stereocenters. The van der Waals surface area contributed by atoms with E-state index in [0.717, 1.165) is 6.42 Å². The number of hydrogen-bond donors (Lipinski definition) is 0. The van der Waals surface area contributed by atoms with Crippen LogP contribution in [0.15, 0.2) is 0 Å². The molecular formula is C9H18O3. The van der Waals surface area contributed by atoms with Gasteiger partial charge in [-0.15, -0.1) is 0 Å². The van der Waals surface area contributed by atoms with Crippen LogP contribution in [0.1, 0.15) is 44.9 Å². The fourth-order valence-electron chi connectivity index (χ4n) is 1.34. The molecule has 1 aliphatic carbocycles. The monoisotopic (exact) mass is 174 g/mol. The van der Waals surface area contributed by atoms with Crippen molar-refractivity contribution < 1.29 is 14.8 Å². The van der Waals surface area contributed by atoms with Gasteiger partial charge in [0.1, 0.15) is 0 Å². The summed E-state index contributed by atoms with van der Waals surface area (Å²) in [5.41, 5.74) is 0. The maximum absolute atomic E-state index is 4.35. The lowest BCUT2D eigenvalue weighted by Gasteiger charge is -2.06. The second kappa shape index (κ2) is 7.53. The van der Waals surface area contributed by atoms with Crippen LogP contribution in [0.3, 0.4) is 0 Å². The molecule has 12 heavy (non-hydrogen) atoms. The van der Waals surface area contributed by atoms with Gasteiger partial charge >= 0.3 is 0 Å². The highest BCUT2D eigenvalue weighted by atomic mass is 17.5. The second-order valence-corrected chi connectivity index (χ2v) is 3.19. The molecular weight excluding hydrogens is 156 g/mol. The maximum atomic E-state index is 4.35. The van der Waals surface area contributed by atoms with E-state index in [4.69, 9.17) is 0 Å². The molecule has 2 rings (SSSR count). The van der Waals surface area contributed by atoms with Crippen LogP contribution in [0.4, 0.5) is 0 Å². The maximum Gasteiger partial charge on any atom is 0.0877 e. The number of rotatable bonds is 0. The molecule has 3 nitrogen and oxygen atoms in total. The summed E-state index contributed by atoms with van der Waals surface area (Å²) in [5.74, 6) is 0. The smallest absolute Gasteiger partial charge is 0.0877 e. The minimum Gasteiger partial charge on any atom is -0.206 e. The Kier molecular flexibility index (Phi) is 6.25. The average Bonchev–Trinajstić information content (AvgIpc) is 2.24. The Labute approximate surface area is 73.9 Å². The van der Waals surface area contributed by atoms with E-state index in [1.54, 1.807) is 0 Å². The Morgan fingerprint density at radius 3 is 1.08 bits per heavy atom. The Hall–Kier alpha value is -0.120. The Morgan fingerprint density at radius 2 is 0.917 bits per heavy atom. The highest BCUT2D eigenvalue weighted by Crippen LogP contribution is 2.15. The molecule has 2 aliphatic rings. The van der Waals surface area contributed by atoms with E-state index in [9.17, 15) is 0 Å². The van der Waals surface area contributed by atoms with E-state index in [1.807, 2.05) is 0 Å². The molecule has 0 aromatic carbocycles. The lowest BCUT2D eigenvalue weighted by molar-refractivity contribution is -0.532. The summed E-state index contributed by atoms with van der Waals surface area (Å²) < 4.78 is 0. The quantitative estimate of drug-likeness (QED) is 0.528. The van der Waals surface area contributed by atoms with Crippen molar-refractivity contribution >= 4 is 0 Å². The molecule has 0 atom stereocenters.